The Kier molecular flexibility index (Phi) is 5.32. The van der Waals surface area contributed by atoms with E-state index in [2.05, 4.69) is 46.9 Å². The molecule has 0 heterocycles. The number of alkyl halides is 1. The number of hydrogen-bond donors (Lipinski definition) is 2. The first-order chi connectivity index (χ1) is 9.46. The van der Waals surface area contributed by atoms with Crippen LogP contribution in [0.3, 0.4) is 0 Å². The van der Waals surface area contributed by atoms with Crippen molar-refractivity contribution in [2.24, 2.45) is 0 Å². The van der Waals surface area contributed by atoms with E-state index in [0.29, 0.717) is 12.3 Å². The molecule has 1 rings (SSSR count). The highest BCUT2D eigenvalue weighted by Gasteiger charge is 2.26. The molecule has 0 atom stereocenters. The van der Waals surface area contributed by atoms with Crippen molar-refractivity contribution in [3.63, 3.8) is 0 Å². The fourth-order valence-corrected chi connectivity index (χ4v) is 2.28. The number of carbonyl (C=O) groups excluding carboxylic acids is 1. The predicted octanol–water partition coefficient (Wildman–Crippen LogP) is 3.84. The van der Waals surface area contributed by atoms with Gasteiger partial charge in [-0.05, 0) is 39.7 Å². The molecule has 0 radical (unpaired) electrons. The van der Waals surface area contributed by atoms with E-state index in [1.54, 1.807) is 0 Å². The lowest BCUT2D eigenvalue weighted by molar-refractivity contribution is -0.118. The molecule has 0 saturated carbocycles. The SMILES string of the molecule is CC(C)(C)c1cc(CNC(=O)CCl)cc(C(C)(C)C)c1O. The Hall–Kier alpha value is -1.22. The molecule has 1 amide bonds. The summed E-state index contributed by atoms with van der Waals surface area (Å²) in [5, 5.41) is 13.4. The maximum atomic E-state index is 11.3. The third kappa shape index (κ3) is 4.63. The van der Waals surface area contributed by atoms with Crippen LogP contribution in [0, 0.1) is 0 Å². The molecule has 0 aliphatic rings. The Morgan fingerprint density at radius 3 is 1.86 bits per heavy atom. The number of halogens is 1. The first-order valence-electron chi connectivity index (χ1n) is 7.16. The van der Waals surface area contributed by atoms with Gasteiger partial charge in [0, 0.05) is 6.54 Å². The Morgan fingerprint density at radius 2 is 1.52 bits per heavy atom. The minimum atomic E-state index is -0.195. The molecule has 0 aliphatic heterocycles. The fourth-order valence-electron chi connectivity index (χ4n) is 2.19. The molecule has 0 aromatic heterocycles. The maximum Gasteiger partial charge on any atom is 0.235 e. The molecule has 118 valence electrons. The summed E-state index contributed by atoms with van der Waals surface area (Å²) in [4.78, 5) is 11.3. The summed E-state index contributed by atoms with van der Waals surface area (Å²) in [5.41, 5.74) is 2.42. The van der Waals surface area contributed by atoms with Gasteiger partial charge in [0.25, 0.3) is 0 Å². The monoisotopic (exact) mass is 311 g/mol. The number of aromatic hydroxyl groups is 1. The number of amides is 1. The highest BCUT2D eigenvalue weighted by atomic mass is 35.5. The van der Waals surface area contributed by atoms with Crippen LogP contribution in [0.1, 0.15) is 58.2 Å². The van der Waals surface area contributed by atoms with Gasteiger partial charge in [-0.2, -0.15) is 0 Å². The van der Waals surface area contributed by atoms with E-state index < -0.39 is 0 Å². The summed E-state index contributed by atoms with van der Waals surface area (Å²) < 4.78 is 0. The molecule has 1 aromatic carbocycles. The molecule has 0 spiro atoms. The molecule has 3 nitrogen and oxygen atoms in total. The Bertz CT molecular complexity index is 490. The zero-order valence-electron chi connectivity index (χ0n) is 13.8. The van der Waals surface area contributed by atoms with Gasteiger partial charge in [-0.25, -0.2) is 0 Å². The molecule has 0 unspecified atom stereocenters. The number of hydrogen-bond acceptors (Lipinski definition) is 2. The number of rotatable bonds is 3. The topological polar surface area (TPSA) is 49.3 Å². The van der Waals surface area contributed by atoms with Gasteiger partial charge in [0.15, 0.2) is 0 Å². The van der Waals surface area contributed by atoms with Gasteiger partial charge in [0.2, 0.25) is 5.91 Å². The zero-order valence-corrected chi connectivity index (χ0v) is 14.6. The van der Waals surface area contributed by atoms with Crippen LogP contribution in [0.25, 0.3) is 0 Å². The smallest absolute Gasteiger partial charge is 0.235 e. The average Bonchev–Trinajstić information content (AvgIpc) is 2.34. The number of phenolic OH excluding ortho intramolecular Hbond substituents is 1. The molecular weight excluding hydrogens is 286 g/mol. The third-order valence-corrected chi connectivity index (χ3v) is 3.64. The van der Waals surface area contributed by atoms with E-state index >= 15 is 0 Å². The van der Waals surface area contributed by atoms with Gasteiger partial charge >= 0.3 is 0 Å². The van der Waals surface area contributed by atoms with Gasteiger partial charge in [0.1, 0.15) is 11.6 Å². The van der Waals surface area contributed by atoms with Crippen molar-refractivity contribution < 1.29 is 9.90 Å². The molecule has 0 saturated heterocycles. The van der Waals surface area contributed by atoms with Crippen LogP contribution in [-0.4, -0.2) is 16.9 Å². The van der Waals surface area contributed by atoms with Crippen molar-refractivity contribution in [2.45, 2.75) is 58.9 Å². The standard InChI is InChI=1S/C17H26ClNO2/c1-16(2,3)12-7-11(10-19-14(20)9-18)8-13(15(12)21)17(4,5)6/h7-8,21H,9-10H2,1-6H3,(H,19,20). The summed E-state index contributed by atoms with van der Waals surface area (Å²) in [7, 11) is 0. The van der Waals surface area contributed by atoms with E-state index in [0.717, 1.165) is 16.7 Å². The van der Waals surface area contributed by atoms with E-state index in [1.165, 1.54) is 0 Å². The van der Waals surface area contributed by atoms with Gasteiger partial charge in [0.05, 0.1) is 0 Å². The quantitative estimate of drug-likeness (QED) is 0.833. The second-order valence-electron chi connectivity index (χ2n) is 7.45. The molecule has 0 fully saturated rings. The number of carbonyl (C=O) groups is 1. The molecule has 2 N–H and O–H groups in total. The van der Waals surface area contributed by atoms with E-state index in [9.17, 15) is 9.90 Å². The minimum Gasteiger partial charge on any atom is -0.507 e. The number of nitrogens with one attached hydrogen (secondary N) is 1. The lowest BCUT2D eigenvalue weighted by Crippen LogP contribution is -2.25. The third-order valence-electron chi connectivity index (χ3n) is 3.40. The van der Waals surface area contributed by atoms with E-state index in [4.69, 9.17) is 11.6 Å². The van der Waals surface area contributed by atoms with Crippen molar-refractivity contribution in [1.29, 1.82) is 0 Å². The van der Waals surface area contributed by atoms with Crippen LogP contribution >= 0.6 is 11.6 Å². The molecular formula is C17H26ClNO2. The van der Waals surface area contributed by atoms with Crippen LogP contribution in [0.4, 0.5) is 0 Å². The van der Waals surface area contributed by atoms with E-state index in [-0.39, 0.29) is 22.6 Å². The van der Waals surface area contributed by atoms with Crippen LogP contribution in [0.5, 0.6) is 5.75 Å². The van der Waals surface area contributed by atoms with Gasteiger partial charge in [-0.1, -0.05) is 41.5 Å². The van der Waals surface area contributed by atoms with Crippen molar-refractivity contribution >= 4 is 17.5 Å². The summed E-state index contributed by atoms with van der Waals surface area (Å²) >= 11 is 5.50. The van der Waals surface area contributed by atoms with Crippen molar-refractivity contribution in [1.82, 2.24) is 5.32 Å². The summed E-state index contributed by atoms with van der Waals surface area (Å²) in [6, 6.07) is 3.91. The normalized spacial score (nSPS) is 12.3. The summed E-state index contributed by atoms with van der Waals surface area (Å²) in [6.07, 6.45) is 0. The van der Waals surface area contributed by atoms with Crippen LogP contribution in [0.15, 0.2) is 12.1 Å². The Morgan fingerprint density at radius 1 is 1.10 bits per heavy atom. The fraction of sp³-hybridized carbons (Fsp3) is 0.588. The molecule has 0 aliphatic carbocycles. The zero-order chi connectivity index (χ0) is 16.4. The van der Waals surface area contributed by atoms with Crippen LogP contribution in [0.2, 0.25) is 0 Å². The molecule has 1 aromatic rings. The highest BCUT2D eigenvalue weighted by molar-refractivity contribution is 6.27. The number of benzene rings is 1. The van der Waals surface area contributed by atoms with Gasteiger partial charge in [-0.3, -0.25) is 4.79 Å². The van der Waals surface area contributed by atoms with Crippen LogP contribution in [-0.2, 0) is 22.2 Å². The number of phenols is 1. The van der Waals surface area contributed by atoms with Crippen molar-refractivity contribution in [3.05, 3.63) is 28.8 Å². The molecule has 4 heteroatoms. The second-order valence-corrected chi connectivity index (χ2v) is 7.72. The lowest BCUT2D eigenvalue weighted by Gasteiger charge is -2.28. The van der Waals surface area contributed by atoms with Gasteiger partial charge < -0.3 is 10.4 Å². The highest BCUT2D eigenvalue weighted by Crippen LogP contribution is 2.39. The van der Waals surface area contributed by atoms with Crippen molar-refractivity contribution in [3.8, 4) is 5.75 Å². The Balaban J connectivity index is 3.31. The largest absolute Gasteiger partial charge is 0.507 e. The Labute approximate surface area is 132 Å². The molecule has 21 heavy (non-hydrogen) atoms. The second kappa shape index (κ2) is 6.27. The predicted molar refractivity (Wildman–Crippen MR) is 88.1 cm³/mol. The lowest BCUT2D eigenvalue weighted by atomic mass is 9.78. The minimum absolute atomic E-state index is 0.0453. The first-order valence-corrected chi connectivity index (χ1v) is 7.69. The van der Waals surface area contributed by atoms with Crippen molar-refractivity contribution in [2.75, 3.05) is 5.88 Å². The average molecular weight is 312 g/mol. The maximum absolute atomic E-state index is 11.3. The molecule has 0 bridgehead atoms. The first kappa shape index (κ1) is 17.8. The summed E-state index contributed by atoms with van der Waals surface area (Å²) in [6.45, 7) is 12.8. The van der Waals surface area contributed by atoms with Gasteiger partial charge in [-0.15, -0.1) is 11.6 Å². The summed E-state index contributed by atoms with van der Waals surface area (Å²) in [5.74, 6) is 0.109. The van der Waals surface area contributed by atoms with E-state index in [1.807, 2.05) is 12.1 Å². The van der Waals surface area contributed by atoms with Crippen LogP contribution < -0.4 is 5.32 Å².